The number of hydrogen-bond acceptors (Lipinski definition) is 4. The van der Waals surface area contributed by atoms with E-state index in [4.69, 9.17) is 10.5 Å². The van der Waals surface area contributed by atoms with Crippen LogP contribution in [0, 0.1) is 0 Å². The number of nitrogens with zero attached hydrogens (tertiary/aromatic N) is 1. The van der Waals surface area contributed by atoms with E-state index in [0.717, 1.165) is 5.56 Å². The Morgan fingerprint density at radius 3 is 2.70 bits per heavy atom. The average Bonchev–Trinajstić information content (AvgIpc) is 2.42. The van der Waals surface area contributed by atoms with Crippen molar-refractivity contribution in [3.63, 3.8) is 0 Å². The van der Waals surface area contributed by atoms with Gasteiger partial charge >= 0.3 is 5.69 Å². The monoisotopic (exact) mass is 275 g/mol. The van der Waals surface area contributed by atoms with Gasteiger partial charge in [0.15, 0.2) is 0 Å². The Kier molecular flexibility index (Phi) is 3.93. The van der Waals surface area contributed by atoms with Gasteiger partial charge < -0.3 is 10.5 Å². The fourth-order valence-corrected chi connectivity index (χ4v) is 2.03. The lowest BCUT2D eigenvalue weighted by atomic mass is 10.1. The van der Waals surface area contributed by atoms with Crippen LogP contribution in [-0.4, -0.2) is 16.7 Å². The van der Waals surface area contributed by atoms with Crippen LogP contribution in [0.2, 0.25) is 0 Å². The average molecular weight is 275 g/mol. The molecule has 3 N–H and O–H groups in total. The summed E-state index contributed by atoms with van der Waals surface area (Å²) in [5.41, 5.74) is 6.90. The lowest BCUT2D eigenvalue weighted by molar-refractivity contribution is 0.408. The second kappa shape index (κ2) is 5.64. The molecule has 0 fully saturated rings. The van der Waals surface area contributed by atoms with Gasteiger partial charge in [0.1, 0.15) is 5.75 Å². The number of H-pyrrole nitrogens is 1. The molecule has 106 valence electrons. The molecule has 0 aliphatic heterocycles. The maximum absolute atomic E-state index is 11.8. The van der Waals surface area contributed by atoms with Gasteiger partial charge in [-0.25, -0.2) is 4.79 Å². The largest absolute Gasteiger partial charge is 0.496 e. The highest BCUT2D eigenvalue weighted by atomic mass is 16.5. The van der Waals surface area contributed by atoms with E-state index in [0.29, 0.717) is 23.4 Å². The van der Waals surface area contributed by atoms with E-state index < -0.39 is 5.69 Å². The van der Waals surface area contributed by atoms with Crippen LogP contribution in [0.3, 0.4) is 0 Å². The minimum absolute atomic E-state index is 0.289. The minimum atomic E-state index is -0.448. The van der Waals surface area contributed by atoms with Crippen molar-refractivity contribution in [3.8, 4) is 5.75 Å². The minimum Gasteiger partial charge on any atom is -0.496 e. The summed E-state index contributed by atoms with van der Waals surface area (Å²) in [6.45, 7) is 2.15. The van der Waals surface area contributed by atoms with Gasteiger partial charge in [-0.2, -0.15) is 0 Å². The molecule has 0 unspecified atom stereocenters. The highest BCUT2D eigenvalue weighted by Gasteiger charge is 2.08. The normalized spacial score (nSPS) is 10.5. The number of nitrogens with one attached hydrogen (secondary N) is 1. The molecule has 1 aromatic carbocycles. The van der Waals surface area contributed by atoms with Gasteiger partial charge in [-0.05, 0) is 24.6 Å². The predicted molar refractivity (Wildman–Crippen MR) is 77.2 cm³/mol. The second-order valence-corrected chi connectivity index (χ2v) is 4.47. The van der Waals surface area contributed by atoms with E-state index in [1.165, 1.54) is 4.57 Å². The third-order valence-corrected chi connectivity index (χ3v) is 3.11. The van der Waals surface area contributed by atoms with Crippen LogP contribution in [0.5, 0.6) is 5.75 Å². The van der Waals surface area contributed by atoms with Crippen LogP contribution >= 0.6 is 0 Å². The van der Waals surface area contributed by atoms with Crippen molar-refractivity contribution in [1.29, 1.82) is 0 Å². The van der Waals surface area contributed by atoms with Crippen LogP contribution in [0.25, 0.3) is 0 Å². The Balaban J connectivity index is 2.47. The number of nitrogens with two attached hydrogens (primary N) is 1. The quantitative estimate of drug-likeness (QED) is 0.805. The molecule has 1 heterocycles. The van der Waals surface area contributed by atoms with Crippen molar-refractivity contribution in [2.24, 2.45) is 0 Å². The third-order valence-electron chi connectivity index (χ3n) is 3.11. The molecular weight excluding hydrogens is 258 g/mol. The molecule has 0 atom stereocenters. The maximum atomic E-state index is 11.8. The molecule has 0 aliphatic rings. The molecule has 6 nitrogen and oxygen atoms in total. The number of aromatic amines is 1. The van der Waals surface area contributed by atoms with Gasteiger partial charge in [0.25, 0.3) is 5.56 Å². The summed E-state index contributed by atoms with van der Waals surface area (Å²) in [6, 6.07) is 5.24. The van der Waals surface area contributed by atoms with Crippen molar-refractivity contribution in [1.82, 2.24) is 9.55 Å². The van der Waals surface area contributed by atoms with Crippen LogP contribution in [-0.2, 0) is 13.0 Å². The molecule has 0 radical (unpaired) electrons. The Hall–Kier alpha value is -2.50. The van der Waals surface area contributed by atoms with E-state index in [1.807, 2.05) is 6.92 Å². The van der Waals surface area contributed by atoms with Crippen molar-refractivity contribution < 1.29 is 4.74 Å². The molecule has 20 heavy (non-hydrogen) atoms. The standard InChI is InChI=1S/C14H17N3O3/c1-3-9-7-17(14(19)16-13(9)18)8-10-6-11(15)4-5-12(10)20-2/h4-7H,3,8,15H2,1-2H3,(H,16,18,19). The predicted octanol–water partition coefficient (Wildman–Crippen LogP) is 0.738. The van der Waals surface area contributed by atoms with Crippen LogP contribution in [0.15, 0.2) is 34.0 Å². The van der Waals surface area contributed by atoms with E-state index in [9.17, 15) is 9.59 Å². The van der Waals surface area contributed by atoms with Gasteiger partial charge in [0, 0.05) is 23.0 Å². The van der Waals surface area contributed by atoms with Crippen molar-refractivity contribution in [2.75, 3.05) is 12.8 Å². The second-order valence-electron chi connectivity index (χ2n) is 4.47. The smallest absolute Gasteiger partial charge is 0.328 e. The van der Waals surface area contributed by atoms with Crippen molar-refractivity contribution in [2.45, 2.75) is 19.9 Å². The zero-order valence-electron chi connectivity index (χ0n) is 11.5. The van der Waals surface area contributed by atoms with Crippen LogP contribution in [0.1, 0.15) is 18.1 Å². The van der Waals surface area contributed by atoms with Gasteiger partial charge in [-0.15, -0.1) is 0 Å². The van der Waals surface area contributed by atoms with Gasteiger partial charge in [0.2, 0.25) is 0 Å². The molecule has 0 saturated carbocycles. The Bertz CT molecular complexity index is 731. The fraction of sp³-hybridized carbons (Fsp3) is 0.286. The molecule has 0 amide bonds. The Labute approximate surface area is 115 Å². The number of aromatic nitrogens is 2. The summed E-state index contributed by atoms with van der Waals surface area (Å²) in [7, 11) is 1.56. The summed E-state index contributed by atoms with van der Waals surface area (Å²) in [5, 5.41) is 0. The molecule has 0 spiro atoms. The van der Waals surface area contributed by atoms with Gasteiger partial charge in [0.05, 0.1) is 13.7 Å². The molecule has 2 aromatic rings. The van der Waals surface area contributed by atoms with Gasteiger partial charge in [-0.1, -0.05) is 6.92 Å². The lowest BCUT2D eigenvalue weighted by Gasteiger charge is -2.11. The number of rotatable bonds is 4. The first-order valence-corrected chi connectivity index (χ1v) is 6.30. The number of nitrogen functional groups attached to an aromatic ring is 1. The topological polar surface area (TPSA) is 90.1 Å². The summed E-state index contributed by atoms with van der Waals surface area (Å²) in [4.78, 5) is 25.7. The number of anilines is 1. The highest BCUT2D eigenvalue weighted by Crippen LogP contribution is 2.21. The summed E-state index contributed by atoms with van der Waals surface area (Å²) in [6.07, 6.45) is 2.13. The molecule has 0 aliphatic carbocycles. The van der Waals surface area contributed by atoms with E-state index in [1.54, 1.807) is 31.5 Å². The first kappa shape index (κ1) is 13.9. The van der Waals surface area contributed by atoms with E-state index in [-0.39, 0.29) is 12.1 Å². The number of methoxy groups -OCH3 is 1. The SMILES string of the molecule is CCc1cn(Cc2cc(N)ccc2OC)c(=O)[nH]c1=O. The van der Waals surface area contributed by atoms with Crippen molar-refractivity contribution >= 4 is 5.69 Å². The lowest BCUT2D eigenvalue weighted by Crippen LogP contribution is -2.31. The van der Waals surface area contributed by atoms with Gasteiger partial charge in [-0.3, -0.25) is 14.3 Å². The number of benzene rings is 1. The molecule has 6 heteroatoms. The maximum Gasteiger partial charge on any atom is 0.328 e. The molecule has 2 rings (SSSR count). The van der Waals surface area contributed by atoms with E-state index >= 15 is 0 Å². The first-order chi connectivity index (χ1) is 9.55. The molecule has 0 bridgehead atoms. The van der Waals surface area contributed by atoms with Crippen LogP contribution < -0.4 is 21.7 Å². The third kappa shape index (κ3) is 2.74. The summed E-state index contributed by atoms with van der Waals surface area (Å²) < 4.78 is 6.69. The number of hydrogen-bond donors (Lipinski definition) is 2. The number of aryl methyl sites for hydroxylation is 1. The zero-order valence-corrected chi connectivity index (χ0v) is 11.5. The Morgan fingerprint density at radius 2 is 2.05 bits per heavy atom. The first-order valence-electron chi connectivity index (χ1n) is 6.30. The van der Waals surface area contributed by atoms with Crippen LogP contribution in [0.4, 0.5) is 5.69 Å². The zero-order chi connectivity index (χ0) is 14.7. The molecular formula is C14H17N3O3. The highest BCUT2D eigenvalue weighted by molar-refractivity contribution is 5.47. The summed E-state index contributed by atoms with van der Waals surface area (Å²) in [5.74, 6) is 0.648. The molecule has 1 aromatic heterocycles. The molecule has 0 saturated heterocycles. The number of ether oxygens (including phenoxy) is 1. The van der Waals surface area contributed by atoms with Crippen molar-refractivity contribution in [3.05, 3.63) is 56.4 Å². The Morgan fingerprint density at radius 1 is 1.30 bits per heavy atom. The summed E-state index contributed by atoms with van der Waals surface area (Å²) >= 11 is 0. The van der Waals surface area contributed by atoms with E-state index in [2.05, 4.69) is 4.98 Å². The fourth-order valence-electron chi connectivity index (χ4n) is 2.03.